The van der Waals surface area contributed by atoms with E-state index in [-0.39, 0.29) is 11.8 Å². The SMILES string of the molecule is COC[C@@]1(Cc2ccccc2)C[C@H](C(=O)N(C)C)CN1C(=O)OC(C)(C)C. The fraction of sp³-hybridized carbons (Fsp3) is 0.619. The predicted octanol–water partition coefficient (Wildman–Crippen LogP) is 2.96. The fourth-order valence-electron chi connectivity index (χ4n) is 3.76. The van der Waals surface area contributed by atoms with E-state index >= 15 is 0 Å². The Kier molecular flexibility index (Phi) is 6.52. The minimum Gasteiger partial charge on any atom is -0.444 e. The molecule has 1 saturated heterocycles. The summed E-state index contributed by atoms with van der Waals surface area (Å²) in [5, 5.41) is 0. The third-order valence-electron chi connectivity index (χ3n) is 4.79. The molecule has 2 atom stereocenters. The average molecular weight is 376 g/mol. The molecule has 2 rings (SSSR count). The maximum Gasteiger partial charge on any atom is 0.410 e. The zero-order chi connectivity index (χ0) is 20.2. The number of methoxy groups -OCH3 is 1. The summed E-state index contributed by atoms with van der Waals surface area (Å²) in [5.41, 5.74) is -0.123. The highest BCUT2D eigenvalue weighted by Gasteiger charge is 2.51. The average Bonchev–Trinajstić information content (AvgIpc) is 2.93. The van der Waals surface area contributed by atoms with Crippen molar-refractivity contribution in [1.82, 2.24) is 9.80 Å². The summed E-state index contributed by atoms with van der Waals surface area (Å²) in [6.45, 7) is 6.22. The van der Waals surface area contributed by atoms with E-state index in [4.69, 9.17) is 9.47 Å². The highest BCUT2D eigenvalue weighted by Crippen LogP contribution is 2.38. The van der Waals surface area contributed by atoms with Crippen LogP contribution in [0.25, 0.3) is 0 Å². The van der Waals surface area contributed by atoms with Crippen LogP contribution in [0.1, 0.15) is 32.8 Å². The molecule has 0 bridgehead atoms. The van der Waals surface area contributed by atoms with Crippen molar-refractivity contribution >= 4 is 12.0 Å². The molecule has 0 spiro atoms. The molecule has 0 radical (unpaired) electrons. The van der Waals surface area contributed by atoms with Gasteiger partial charge in [0.2, 0.25) is 5.91 Å². The molecular formula is C21H32N2O4. The number of benzene rings is 1. The summed E-state index contributed by atoms with van der Waals surface area (Å²) in [6.07, 6.45) is 0.758. The van der Waals surface area contributed by atoms with Crippen LogP contribution in [0, 0.1) is 5.92 Å². The summed E-state index contributed by atoms with van der Waals surface area (Å²) < 4.78 is 11.2. The van der Waals surface area contributed by atoms with E-state index in [1.54, 1.807) is 31.0 Å². The maximum absolute atomic E-state index is 13.0. The van der Waals surface area contributed by atoms with Crippen molar-refractivity contribution in [1.29, 1.82) is 0 Å². The van der Waals surface area contributed by atoms with Crippen molar-refractivity contribution in [2.45, 2.75) is 44.8 Å². The number of hydrogen-bond acceptors (Lipinski definition) is 4. The van der Waals surface area contributed by atoms with Crippen LogP contribution in [0.15, 0.2) is 30.3 Å². The number of hydrogen-bond donors (Lipinski definition) is 0. The largest absolute Gasteiger partial charge is 0.444 e. The second kappa shape index (κ2) is 8.30. The molecular weight excluding hydrogens is 344 g/mol. The summed E-state index contributed by atoms with van der Waals surface area (Å²) in [7, 11) is 5.11. The summed E-state index contributed by atoms with van der Waals surface area (Å²) >= 11 is 0. The van der Waals surface area contributed by atoms with Crippen molar-refractivity contribution in [3.8, 4) is 0 Å². The Bertz CT molecular complexity index is 654. The molecule has 0 unspecified atom stereocenters. The van der Waals surface area contributed by atoms with Crippen LogP contribution >= 0.6 is 0 Å². The Morgan fingerprint density at radius 1 is 1.22 bits per heavy atom. The van der Waals surface area contributed by atoms with Crippen LogP contribution in [0.2, 0.25) is 0 Å². The molecule has 27 heavy (non-hydrogen) atoms. The van der Waals surface area contributed by atoms with Gasteiger partial charge in [-0.2, -0.15) is 0 Å². The molecule has 0 aromatic heterocycles. The van der Waals surface area contributed by atoms with Crippen molar-refractivity contribution in [3.63, 3.8) is 0 Å². The normalized spacial score (nSPS) is 22.6. The summed E-state index contributed by atoms with van der Waals surface area (Å²) in [4.78, 5) is 28.9. The van der Waals surface area contributed by atoms with Gasteiger partial charge in [0.05, 0.1) is 18.1 Å². The van der Waals surface area contributed by atoms with Gasteiger partial charge in [-0.3, -0.25) is 9.69 Å². The quantitative estimate of drug-likeness (QED) is 0.793. The van der Waals surface area contributed by atoms with Gasteiger partial charge in [0, 0.05) is 27.7 Å². The van der Waals surface area contributed by atoms with Crippen LogP contribution in [-0.4, -0.2) is 67.3 Å². The lowest BCUT2D eigenvalue weighted by Gasteiger charge is -2.38. The van der Waals surface area contributed by atoms with Crippen LogP contribution < -0.4 is 0 Å². The zero-order valence-electron chi connectivity index (χ0n) is 17.3. The highest BCUT2D eigenvalue weighted by molar-refractivity contribution is 5.81. The van der Waals surface area contributed by atoms with Gasteiger partial charge in [0.1, 0.15) is 5.60 Å². The first kappa shape index (κ1) is 21.2. The van der Waals surface area contributed by atoms with Crippen LogP contribution in [0.3, 0.4) is 0 Å². The molecule has 0 N–H and O–H groups in total. The number of carbonyl (C=O) groups is 2. The molecule has 6 nitrogen and oxygen atoms in total. The summed E-state index contributed by atoms with van der Waals surface area (Å²) in [5.74, 6) is -0.249. The molecule has 1 aromatic carbocycles. The first-order valence-electron chi connectivity index (χ1n) is 9.32. The number of nitrogens with zero attached hydrogens (tertiary/aromatic N) is 2. The third-order valence-corrected chi connectivity index (χ3v) is 4.79. The Balaban J connectivity index is 2.39. The standard InChI is InChI=1S/C21H32N2O4/c1-20(2,3)27-19(25)23-14-17(18(24)22(4)5)13-21(23,15-26-6)12-16-10-8-7-9-11-16/h7-11,17H,12-15H2,1-6H3/t17-,21+/m0/s1. The van der Waals surface area contributed by atoms with Gasteiger partial charge in [-0.05, 0) is 39.2 Å². The van der Waals surface area contributed by atoms with E-state index in [1.807, 2.05) is 51.1 Å². The van der Waals surface area contributed by atoms with Gasteiger partial charge in [0.25, 0.3) is 0 Å². The van der Waals surface area contributed by atoms with Crippen molar-refractivity contribution in [3.05, 3.63) is 35.9 Å². The Labute approximate surface area is 162 Å². The molecule has 1 aliphatic rings. The van der Waals surface area contributed by atoms with E-state index in [2.05, 4.69) is 0 Å². The third kappa shape index (κ3) is 5.22. The van der Waals surface area contributed by atoms with E-state index < -0.39 is 17.2 Å². The molecule has 0 aliphatic carbocycles. The Morgan fingerprint density at radius 2 is 1.85 bits per heavy atom. The predicted molar refractivity (Wildman–Crippen MR) is 104 cm³/mol. The molecule has 1 aliphatic heterocycles. The minimum absolute atomic E-state index is 0.0228. The molecule has 1 fully saturated rings. The lowest BCUT2D eigenvalue weighted by molar-refractivity contribution is -0.132. The van der Waals surface area contributed by atoms with Gasteiger partial charge < -0.3 is 14.4 Å². The van der Waals surface area contributed by atoms with Crippen molar-refractivity contribution in [2.24, 2.45) is 5.92 Å². The number of likely N-dealkylation sites (tertiary alicyclic amines) is 1. The monoisotopic (exact) mass is 376 g/mol. The van der Waals surface area contributed by atoms with Crippen molar-refractivity contribution < 1.29 is 19.1 Å². The maximum atomic E-state index is 13.0. The smallest absolute Gasteiger partial charge is 0.410 e. The first-order chi connectivity index (χ1) is 12.6. The van der Waals surface area contributed by atoms with Gasteiger partial charge in [-0.25, -0.2) is 4.79 Å². The van der Waals surface area contributed by atoms with E-state index in [1.165, 1.54) is 0 Å². The Hall–Kier alpha value is -2.08. The van der Waals surface area contributed by atoms with Gasteiger partial charge >= 0.3 is 6.09 Å². The second-order valence-corrected chi connectivity index (χ2v) is 8.54. The van der Waals surface area contributed by atoms with E-state index in [0.29, 0.717) is 26.0 Å². The number of amides is 2. The highest BCUT2D eigenvalue weighted by atomic mass is 16.6. The van der Waals surface area contributed by atoms with Gasteiger partial charge in [-0.1, -0.05) is 30.3 Å². The molecule has 6 heteroatoms. The van der Waals surface area contributed by atoms with Crippen molar-refractivity contribution in [2.75, 3.05) is 34.4 Å². The lowest BCUT2D eigenvalue weighted by atomic mass is 9.86. The second-order valence-electron chi connectivity index (χ2n) is 8.54. The van der Waals surface area contributed by atoms with Gasteiger partial charge in [0.15, 0.2) is 0 Å². The summed E-state index contributed by atoms with van der Waals surface area (Å²) in [6, 6.07) is 9.98. The number of carbonyl (C=O) groups excluding carboxylic acids is 2. The molecule has 150 valence electrons. The number of rotatable bonds is 5. The van der Waals surface area contributed by atoms with E-state index in [9.17, 15) is 9.59 Å². The van der Waals surface area contributed by atoms with E-state index in [0.717, 1.165) is 5.56 Å². The van der Waals surface area contributed by atoms with Crippen LogP contribution in [-0.2, 0) is 20.7 Å². The zero-order valence-corrected chi connectivity index (χ0v) is 17.3. The molecule has 1 heterocycles. The molecule has 2 amide bonds. The minimum atomic E-state index is -0.616. The topological polar surface area (TPSA) is 59.1 Å². The van der Waals surface area contributed by atoms with Gasteiger partial charge in [-0.15, -0.1) is 0 Å². The van der Waals surface area contributed by atoms with Crippen LogP contribution in [0.5, 0.6) is 0 Å². The fourth-order valence-corrected chi connectivity index (χ4v) is 3.76. The molecule has 0 saturated carbocycles. The lowest BCUT2D eigenvalue weighted by Crippen LogP contribution is -2.53. The Morgan fingerprint density at radius 3 is 2.37 bits per heavy atom. The number of ether oxygens (including phenoxy) is 2. The van der Waals surface area contributed by atoms with Crippen LogP contribution in [0.4, 0.5) is 4.79 Å². The first-order valence-corrected chi connectivity index (χ1v) is 9.32. The molecule has 1 aromatic rings.